The first-order chi connectivity index (χ1) is 4.79. The monoisotopic (exact) mass is 162 g/mol. The number of hydrogen-bond donors (Lipinski definition) is 2. The molecule has 0 radical (unpaired) electrons. The highest BCUT2D eigenvalue weighted by molar-refractivity contribution is 7.39. The van der Waals surface area contributed by atoms with E-state index in [9.17, 15) is 4.57 Å². The van der Waals surface area contributed by atoms with Crippen LogP contribution in [0.5, 0.6) is 0 Å². The van der Waals surface area contributed by atoms with Crippen molar-refractivity contribution < 1.29 is 4.57 Å². The van der Waals surface area contributed by atoms with Gasteiger partial charge in [0.25, 0.3) is 0 Å². The van der Waals surface area contributed by atoms with E-state index in [-0.39, 0.29) is 0 Å². The minimum atomic E-state index is -1.93. The van der Waals surface area contributed by atoms with Crippen LogP contribution in [0.25, 0.3) is 0 Å². The molecule has 1 atom stereocenters. The first kappa shape index (κ1) is 8.25. The summed E-state index contributed by atoms with van der Waals surface area (Å²) in [5, 5.41) is 2.91. The molecule has 1 fully saturated rings. The summed E-state index contributed by atoms with van der Waals surface area (Å²) in [6.07, 6.45) is 6.13. The summed E-state index contributed by atoms with van der Waals surface area (Å²) < 4.78 is 10.6. The molecule has 3 N–H and O–H groups in total. The summed E-state index contributed by atoms with van der Waals surface area (Å²) in [6.45, 7) is 0. The molecule has 10 heavy (non-hydrogen) atoms. The van der Waals surface area contributed by atoms with Gasteiger partial charge in [-0.25, -0.2) is 0 Å². The standard InChI is InChI=1S/C6H15N2OP/c7-10(9)8-6-4-2-1-3-5-6/h6,10H,1-5H2,(H3,7,8,9). The van der Waals surface area contributed by atoms with Gasteiger partial charge in [-0.05, 0) is 12.8 Å². The van der Waals surface area contributed by atoms with E-state index in [1.807, 2.05) is 0 Å². The largest absolute Gasteiger partial charge is 0.293 e. The van der Waals surface area contributed by atoms with Gasteiger partial charge in [0.05, 0.1) is 0 Å². The fourth-order valence-electron chi connectivity index (χ4n) is 1.45. The van der Waals surface area contributed by atoms with Crippen LogP contribution >= 0.6 is 8.10 Å². The molecular formula is C6H15N2OP. The zero-order chi connectivity index (χ0) is 7.40. The molecule has 1 aliphatic rings. The van der Waals surface area contributed by atoms with E-state index in [1.54, 1.807) is 0 Å². The Labute approximate surface area is 62.3 Å². The molecule has 3 nitrogen and oxygen atoms in total. The Kier molecular flexibility index (Phi) is 3.40. The van der Waals surface area contributed by atoms with E-state index in [4.69, 9.17) is 5.50 Å². The first-order valence-corrected chi connectivity index (χ1v) is 5.33. The zero-order valence-corrected chi connectivity index (χ0v) is 7.10. The normalized spacial score (nSPS) is 24.5. The van der Waals surface area contributed by atoms with Crippen LogP contribution in [0.4, 0.5) is 0 Å². The number of nitrogens with two attached hydrogens (primary N) is 1. The van der Waals surface area contributed by atoms with Crippen LogP contribution < -0.4 is 10.6 Å². The van der Waals surface area contributed by atoms with Gasteiger partial charge in [-0.3, -0.25) is 15.2 Å². The molecule has 1 saturated carbocycles. The van der Waals surface area contributed by atoms with Crippen molar-refractivity contribution in [2.45, 2.75) is 38.1 Å². The van der Waals surface area contributed by atoms with Gasteiger partial charge < -0.3 is 0 Å². The maximum atomic E-state index is 10.6. The lowest BCUT2D eigenvalue weighted by Crippen LogP contribution is -2.26. The van der Waals surface area contributed by atoms with E-state index < -0.39 is 8.10 Å². The third kappa shape index (κ3) is 2.82. The maximum absolute atomic E-state index is 10.6. The van der Waals surface area contributed by atoms with Gasteiger partial charge in [-0.15, -0.1) is 0 Å². The molecule has 0 bridgehead atoms. The summed E-state index contributed by atoms with van der Waals surface area (Å²) in [6, 6.07) is 0.435. The fraction of sp³-hybridized carbons (Fsp3) is 1.00. The summed E-state index contributed by atoms with van der Waals surface area (Å²) >= 11 is 0. The van der Waals surface area contributed by atoms with E-state index in [0.717, 1.165) is 12.8 Å². The Morgan fingerprint density at radius 3 is 2.40 bits per heavy atom. The zero-order valence-electron chi connectivity index (χ0n) is 6.10. The van der Waals surface area contributed by atoms with Crippen LogP contribution in [0.1, 0.15) is 32.1 Å². The highest BCUT2D eigenvalue weighted by Gasteiger charge is 2.12. The van der Waals surface area contributed by atoms with Crippen LogP contribution in [0.15, 0.2) is 0 Å². The molecule has 4 heteroatoms. The van der Waals surface area contributed by atoms with Gasteiger partial charge in [0, 0.05) is 6.04 Å². The lowest BCUT2D eigenvalue weighted by atomic mass is 9.96. The molecule has 1 unspecified atom stereocenters. The SMILES string of the molecule is N[PH](=O)NC1CCCCC1. The minimum absolute atomic E-state index is 0.435. The number of rotatable bonds is 2. The molecule has 0 aromatic rings. The molecule has 0 saturated heterocycles. The second-order valence-electron chi connectivity index (χ2n) is 2.84. The van der Waals surface area contributed by atoms with Gasteiger partial charge in [0.1, 0.15) is 0 Å². The molecule has 0 aromatic carbocycles. The molecule has 1 aliphatic carbocycles. The highest BCUT2D eigenvalue weighted by Crippen LogP contribution is 2.20. The topological polar surface area (TPSA) is 55.1 Å². The average molecular weight is 162 g/mol. The van der Waals surface area contributed by atoms with Crippen molar-refractivity contribution in [3.8, 4) is 0 Å². The van der Waals surface area contributed by atoms with Crippen molar-refractivity contribution in [3.05, 3.63) is 0 Å². The summed E-state index contributed by atoms with van der Waals surface area (Å²) in [4.78, 5) is 0. The summed E-state index contributed by atoms with van der Waals surface area (Å²) in [5.41, 5.74) is 5.16. The Balaban J connectivity index is 2.19. The van der Waals surface area contributed by atoms with Gasteiger partial charge in [0.2, 0.25) is 0 Å². The third-order valence-electron chi connectivity index (χ3n) is 1.95. The minimum Gasteiger partial charge on any atom is -0.293 e. The predicted octanol–water partition coefficient (Wildman–Crippen LogP) is 1.26. The van der Waals surface area contributed by atoms with Crippen molar-refractivity contribution in [1.82, 2.24) is 5.09 Å². The van der Waals surface area contributed by atoms with Gasteiger partial charge in [-0.2, -0.15) is 0 Å². The molecule has 0 aliphatic heterocycles. The van der Waals surface area contributed by atoms with Gasteiger partial charge in [0.15, 0.2) is 8.10 Å². The van der Waals surface area contributed by atoms with Crippen molar-refractivity contribution in [2.24, 2.45) is 5.50 Å². The van der Waals surface area contributed by atoms with Crippen molar-refractivity contribution in [1.29, 1.82) is 0 Å². The lowest BCUT2D eigenvalue weighted by Gasteiger charge is -2.21. The molecule has 1 rings (SSSR count). The quantitative estimate of drug-likeness (QED) is 0.601. The van der Waals surface area contributed by atoms with Crippen LogP contribution in [0.3, 0.4) is 0 Å². The van der Waals surface area contributed by atoms with E-state index in [1.165, 1.54) is 19.3 Å². The average Bonchev–Trinajstić information content (AvgIpc) is 1.88. The molecular weight excluding hydrogens is 147 g/mol. The molecule has 0 amide bonds. The van der Waals surface area contributed by atoms with Crippen LogP contribution in [-0.2, 0) is 4.57 Å². The van der Waals surface area contributed by atoms with Crippen molar-refractivity contribution >= 4 is 8.10 Å². The Morgan fingerprint density at radius 2 is 1.90 bits per heavy atom. The third-order valence-corrected chi connectivity index (χ3v) is 2.64. The Hall–Kier alpha value is 0.150. The van der Waals surface area contributed by atoms with Crippen molar-refractivity contribution in [3.63, 3.8) is 0 Å². The first-order valence-electron chi connectivity index (χ1n) is 3.85. The Bertz CT molecular complexity index is 123. The fourth-order valence-corrected chi connectivity index (χ4v) is 2.14. The smallest absolute Gasteiger partial charge is 0.197 e. The van der Waals surface area contributed by atoms with Crippen LogP contribution in [0, 0.1) is 0 Å². The molecule has 0 spiro atoms. The van der Waals surface area contributed by atoms with Crippen LogP contribution in [0.2, 0.25) is 0 Å². The van der Waals surface area contributed by atoms with Crippen molar-refractivity contribution in [2.75, 3.05) is 0 Å². The maximum Gasteiger partial charge on any atom is 0.197 e. The highest BCUT2D eigenvalue weighted by atomic mass is 31.1. The second kappa shape index (κ2) is 4.12. The van der Waals surface area contributed by atoms with Gasteiger partial charge in [-0.1, -0.05) is 19.3 Å². The van der Waals surface area contributed by atoms with E-state index >= 15 is 0 Å². The predicted molar refractivity (Wildman–Crippen MR) is 43.2 cm³/mol. The summed E-state index contributed by atoms with van der Waals surface area (Å²) in [5.74, 6) is 0. The Morgan fingerprint density at radius 1 is 1.30 bits per heavy atom. The molecule has 0 heterocycles. The molecule has 0 aromatic heterocycles. The van der Waals surface area contributed by atoms with E-state index in [2.05, 4.69) is 5.09 Å². The van der Waals surface area contributed by atoms with Crippen LogP contribution in [-0.4, -0.2) is 6.04 Å². The second-order valence-corrected chi connectivity index (χ2v) is 3.86. The van der Waals surface area contributed by atoms with E-state index in [0.29, 0.717) is 6.04 Å². The molecule has 60 valence electrons. The summed E-state index contributed by atoms with van der Waals surface area (Å²) in [7, 11) is -1.93. The number of nitrogens with one attached hydrogen (secondary N) is 1. The lowest BCUT2D eigenvalue weighted by molar-refractivity contribution is 0.415. The number of hydrogen-bond acceptors (Lipinski definition) is 1. The van der Waals surface area contributed by atoms with Gasteiger partial charge >= 0.3 is 0 Å².